The van der Waals surface area contributed by atoms with E-state index in [9.17, 15) is 9.90 Å². The van der Waals surface area contributed by atoms with Crippen molar-refractivity contribution in [1.29, 1.82) is 0 Å². The first-order chi connectivity index (χ1) is 8.36. The third kappa shape index (κ3) is 1.43. The van der Waals surface area contributed by atoms with Crippen molar-refractivity contribution < 1.29 is 14.6 Å². The molecule has 0 bridgehead atoms. The predicted octanol–water partition coefficient (Wildman–Crippen LogP) is 2.44. The van der Waals surface area contributed by atoms with Crippen LogP contribution in [0.2, 0.25) is 0 Å². The number of carbonyl (C=O) groups is 1. The molecule has 3 rings (SSSR count). The highest BCUT2D eigenvalue weighted by atomic mass is 16.5. The zero-order valence-electron chi connectivity index (χ0n) is 11.5. The number of hydrogen-bond donors (Lipinski definition) is 1. The second-order valence-electron chi connectivity index (χ2n) is 7.04. The van der Waals surface area contributed by atoms with Crippen LogP contribution >= 0.6 is 0 Å². The van der Waals surface area contributed by atoms with E-state index in [2.05, 4.69) is 20.8 Å². The van der Waals surface area contributed by atoms with Crippen LogP contribution in [0.1, 0.15) is 46.5 Å². The molecule has 0 aromatic carbocycles. The van der Waals surface area contributed by atoms with Gasteiger partial charge in [0.05, 0.1) is 6.10 Å². The number of rotatable bonds is 0. The van der Waals surface area contributed by atoms with Crippen LogP contribution in [0.3, 0.4) is 0 Å². The van der Waals surface area contributed by atoms with E-state index >= 15 is 0 Å². The molecule has 1 heterocycles. The molecule has 0 aromatic rings. The topological polar surface area (TPSA) is 46.5 Å². The summed E-state index contributed by atoms with van der Waals surface area (Å²) in [4.78, 5) is 12.0. The highest BCUT2D eigenvalue weighted by Gasteiger charge is 2.56. The number of fused-ring (bicyclic) bond motifs is 2. The van der Waals surface area contributed by atoms with E-state index in [1.165, 1.54) is 6.42 Å². The van der Waals surface area contributed by atoms with Gasteiger partial charge in [-0.25, -0.2) is 4.79 Å². The summed E-state index contributed by atoms with van der Waals surface area (Å²) in [5, 5.41) is 10.3. The summed E-state index contributed by atoms with van der Waals surface area (Å²) < 4.78 is 5.18. The quantitative estimate of drug-likeness (QED) is 0.672. The summed E-state index contributed by atoms with van der Waals surface area (Å²) in [5.41, 5.74) is 1.76. The summed E-state index contributed by atoms with van der Waals surface area (Å²) in [5.74, 6) is 0.187. The SMILES string of the molecule is CC1(C)CCC[C@]2(C)C3=C(COC3=O)[C@H](O)CC12. The molecule has 0 amide bonds. The Kier molecular flexibility index (Phi) is 2.44. The van der Waals surface area contributed by atoms with Crippen molar-refractivity contribution in [2.24, 2.45) is 16.7 Å². The molecule has 3 atom stereocenters. The molecule has 1 saturated carbocycles. The third-order valence-corrected chi connectivity index (χ3v) is 5.55. The molecule has 3 nitrogen and oxygen atoms in total. The molecule has 1 aliphatic heterocycles. The number of cyclic esters (lactones) is 1. The van der Waals surface area contributed by atoms with E-state index in [-0.39, 0.29) is 16.8 Å². The number of aliphatic hydroxyl groups is 1. The monoisotopic (exact) mass is 250 g/mol. The van der Waals surface area contributed by atoms with Crippen LogP contribution in [0, 0.1) is 16.7 Å². The van der Waals surface area contributed by atoms with Gasteiger partial charge in [-0.3, -0.25) is 0 Å². The molecule has 3 heteroatoms. The minimum Gasteiger partial charge on any atom is -0.458 e. The van der Waals surface area contributed by atoms with Gasteiger partial charge in [-0.1, -0.05) is 27.2 Å². The fourth-order valence-electron chi connectivity index (χ4n) is 4.65. The van der Waals surface area contributed by atoms with E-state index in [4.69, 9.17) is 4.74 Å². The number of ether oxygens (including phenoxy) is 1. The van der Waals surface area contributed by atoms with Crippen LogP contribution in [0.5, 0.6) is 0 Å². The van der Waals surface area contributed by atoms with Gasteiger partial charge in [-0.15, -0.1) is 0 Å². The Morgan fingerprint density at radius 3 is 2.72 bits per heavy atom. The van der Waals surface area contributed by atoms with E-state index < -0.39 is 6.10 Å². The van der Waals surface area contributed by atoms with Crippen LogP contribution in [0.15, 0.2) is 11.1 Å². The van der Waals surface area contributed by atoms with Crippen molar-refractivity contribution in [2.45, 2.75) is 52.6 Å². The van der Waals surface area contributed by atoms with Crippen molar-refractivity contribution in [1.82, 2.24) is 0 Å². The van der Waals surface area contributed by atoms with Crippen molar-refractivity contribution >= 4 is 5.97 Å². The zero-order chi connectivity index (χ0) is 13.1. The van der Waals surface area contributed by atoms with Gasteiger partial charge in [0.25, 0.3) is 0 Å². The first-order valence-corrected chi connectivity index (χ1v) is 6.95. The fraction of sp³-hybridized carbons (Fsp3) is 0.800. The minimum atomic E-state index is -0.484. The van der Waals surface area contributed by atoms with E-state index in [0.29, 0.717) is 12.5 Å². The summed E-state index contributed by atoms with van der Waals surface area (Å²) in [6, 6.07) is 0. The van der Waals surface area contributed by atoms with Gasteiger partial charge < -0.3 is 9.84 Å². The Morgan fingerprint density at radius 2 is 2.00 bits per heavy atom. The molecule has 0 aromatic heterocycles. The van der Waals surface area contributed by atoms with Gasteiger partial charge in [-0.2, -0.15) is 0 Å². The number of carbonyl (C=O) groups excluding carboxylic acids is 1. The zero-order valence-corrected chi connectivity index (χ0v) is 11.5. The second kappa shape index (κ2) is 3.60. The van der Waals surface area contributed by atoms with Crippen molar-refractivity contribution in [3.8, 4) is 0 Å². The molecule has 1 N–H and O–H groups in total. The molecule has 0 radical (unpaired) electrons. The average molecular weight is 250 g/mol. The van der Waals surface area contributed by atoms with Crippen molar-refractivity contribution in [3.63, 3.8) is 0 Å². The van der Waals surface area contributed by atoms with Gasteiger partial charge in [0.1, 0.15) is 6.61 Å². The summed E-state index contributed by atoms with van der Waals surface area (Å²) in [6.07, 6.45) is 3.67. The lowest BCUT2D eigenvalue weighted by atomic mass is 9.50. The van der Waals surface area contributed by atoms with Crippen LogP contribution < -0.4 is 0 Å². The van der Waals surface area contributed by atoms with Crippen LogP contribution in [0.4, 0.5) is 0 Å². The smallest absolute Gasteiger partial charge is 0.335 e. The van der Waals surface area contributed by atoms with Gasteiger partial charge in [0.15, 0.2) is 0 Å². The van der Waals surface area contributed by atoms with Crippen LogP contribution in [-0.4, -0.2) is 23.8 Å². The van der Waals surface area contributed by atoms with Gasteiger partial charge in [0.2, 0.25) is 0 Å². The van der Waals surface area contributed by atoms with E-state index in [0.717, 1.165) is 30.4 Å². The summed E-state index contributed by atoms with van der Waals surface area (Å²) in [7, 11) is 0. The minimum absolute atomic E-state index is 0.0934. The van der Waals surface area contributed by atoms with Crippen molar-refractivity contribution in [3.05, 3.63) is 11.1 Å². The molecule has 3 aliphatic rings. The molecular formula is C15H22O3. The molecule has 2 aliphatic carbocycles. The first kappa shape index (κ1) is 12.2. The molecule has 1 fully saturated rings. The lowest BCUT2D eigenvalue weighted by molar-refractivity contribution is -0.138. The molecule has 18 heavy (non-hydrogen) atoms. The Morgan fingerprint density at radius 1 is 1.28 bits per heavy atom. The average Bonchev–Trinajstić information content (AvgIpc) is 2.66. The van der Waals surface area contributed by atoms with Crippen LogP contribution in [-0.2, 0) is 9.53 Å². The van der Waals surface area contributed by atoms with Crippen LogP contribution in [0.25, 0.3) is 0 Å². The first-order valence-electron chi connectivity index (χ1n) is 6.95. The molecule has 0 saturated heterocycles. The number of esters is 1. The maximum absolute atomic E-state index is 12.0. The standard InChI is InChI=1S/C15H22O3/c1-14(2)5-4-6-15(3)11(14)7-10(16)9-8-18-13(17)12(9)15/h10-11,16H,4-8H2,1-3H3/t10-,11?,15+/m1/s1. The lowest BCUT2D eigenvalue weighted by Crippen LogP contribution is -2.49. The maximum atomic E-state index is 12.0. The van der Waals surface area contributed by atoms with Gasteiger partial charge >= 0.3 is 5.97 Å². The number of aliphatic hydroxyl groups excluding tert-OH is 1. The Hall–Kier alpha value is -0.830. The fourth-order valence-corrected chi connectivity index (χ4v) is 4.65. The number of hydrogen-bond acceptors (Lipinski definition) is 3. The van der Waals surface area contributed by atoms with Gasteiger partial charge in [0, 0.05) is 16.6 Å². The third-order valence-electron chi connectivity index (χ3n) is 5.55. The molecule has 100 valence electrons. The van der Waals surface area contributed by atoms with E-state index in [1.807, 2.05) is 0 Å². The maximum Gasteiger partial charge on any atom is 0.335 e. The Labute approximate surface area is 108 Å². The summed E-state index contributed by atoms with van der Waals surface area (Å²) in [6.45, 7) is 7.05. The molecule has 0 spiro atoms. The Balaban J connectivity index is 2.12. The summed E-state index contributed by atoms with van der Waals surface area (Å²) >= 11 is 0. The lowest BCUT2D eigenvalue weighted by Gasteiger charge is -2.54. The second-order valence-corrected chi connectivity index (χ2v) is 7.04. The largest absolute Gasteiger partial charge is 0.458 e. The van der Waals surface area contributed by atoms with E-state index in [1.54, 1.807) is 0 Å². The predicted molar refractivity (Wildman–Crippen MR) is 67.8 cm³/mol. The molecule has 1 unspecified atom stereocenters. The normalized spacial score (nSPS) is 42.3. The highest BCUT2D eigenvalue weighted by molar-refractivity contribution is 5.94. The van der Waals surface area contributed by atoms with Gasteiger partial charge in [-0.05, 0) is 30.6 Å². The highest BCUT2D eigenvalue weighted by Crippen LogP contribution is 2.60. The Bertz CT molecular complexity index is 435. The van der Waals surface area contributed by atoms with Crippen molar-refractivity contribution in [2.75, 3.05) is 6.61 Å². The molecular weight excluding hydrogens is 228 g/mol.